The molecule has 0 bridgehead atoms. The Hall–Kier alpha value is -2.68. The van der Waals surface area contributed by atoms with Crippen LogP contribution in [0.15, 0.2) is 42.5 Å². The maximum Gasteiger partial charge on any atom is 0.432 e. The van der Waals surface area contributed by atoms with Crippen molar-refractivity contribution in [2.45, 2.75) is 18.4 Å². The fraction of sp³-hybridized carbons (Fsp3) is 0.263. The third-order valence-corrected chi connectivity index (χ3v) is 5.20. The van der Waals surface area contributed by atoms with Crippen molar-refractivity contribution in [1.82, 2.24) is 15.3 Å². The van der Waals surface area contributed by atoms with E-state index in [9.17, 15) is 14.3 Å². The lowest BCUT2D eigenvalue weighted by Crippen LogP contribution is -2.44. The number of hydrogen-bond donors (Lipinski definition) is 3. The van der Waals surface area contributed by atoms with Crippen LogP contribution in [-0.2, 0) is 10.4 Å². The SMILES string of the molecule is O=C(Nc1n[nH]c2ccccc12)ON1CCC(O)(c2ccc(F)c(Cl)c2)CC1. The van der Waals surface area contributed by atoms with Gasteiger partial charge in [-0.3, -0.25) is 10.4 Å². The Kier molecular flexibility index (Phi) is 4.92. The van der Waals surface area contributed by atoms with Crippen LogP contribution in [0.5, 0.6) is 0 Å². The minimum absolute atomic E-state index is 0.0322. The third-order valence-electron chi connectivity index (χ3n) is 4.91. The van der Waals surface area contributed by atoms with Crippen LogP contribution in [0, 0.1) is 5.82 Å². The number of halogens is 2. The van der Waals surface area contributed by atoms with E-state index in [1.54, 1.807) is 0 Å². The Balaban J connectivity index is 1.36. The van der Waals surface area contributed by atoms with Gasteiger partial charge in [-0.15, -0.1) is 5.06 Å². The molecule has 2 heterocycles. The first-order valence-electron chi connectivity index (χ1n) is 8.79. The lowest BCUT2D eigenvalue weighted by molar-refractivity contribution is -0.148. The third kappa shape index (κ3) is 3.66. The number of nitrogens with one attached hydrogen (secondary N) is 2. The van der Waals surface area contributed by atoms with E-state index in [0.717, 1.165) is 10.9 Å². The van der Waals surface area contributed by atoms with Crippen LogP contribution in [0.4, 0.5) is 15.0 Å². The predicted molar refractivity (Wildman–Crippen MR) is 102 cm³/mol. The number of rotatable bonds is 3. The summed E-state index contributed by atoms with van der Waals surface area (Å²) < 4.78 is 13.4. The molecule has 28 heavy (non-hydrogen) atoms. The minimum Gasteiger partial charge on any atom is -0.385 e. The average Bonchev–Trinajstić information content (AvgIpc) is 3.09. The van der Waals surface area contributed by atoms with Crippen molar-refractivity contribution in [1.29, 1.82) is 0 Å². The monoisotopic (exact) mass is 404 g/mol. The van der Waals surface area contributed by atoms with E-state index in [4.69, 9.17) is 16.4 Å². The summed E-state index contributed by atoms with van der Waals surface area (Å²) in [6.45, 7) is 0.639. The Labute approximate surface area is 165 Å². The van der Waals surface area contributed by atoms with Gasteiger partial charge < -0.3 is 9.94 Å². The van der Waals surface area contributed by atoms with Crippen molar-refractivity contribution in [3.05, 3.63) is 58.9 Å². The van der Waals surface area contributed by atoms with E-state index < -0.39 is 17.5 Å². The van der Waals surface area contributed by atoms with Crippen molar-refractivity contribution in [3.63, 3.8) is 0 Å². The molecule has 7 nitrogen and oxygen atoms in total. The molecule has 0 unspecified atom stereocenters. The first-order chi connectivity index (χ1) is 13.4. The summed E-state index contributed by atoms with van der Waals surface area (Å²) in [5.74, 6) is -0.146. The maximum absolute atomic E-state index is 13.4. The van der Waals surface area contributed by atoms with E-state index in [1.165, 1.54) is 23.3 Å². The number of hydroxylamine groups is 2. The Morgan fingerprint density at radius 1 is 1.29 bits per heavy atom. The van der Waals surface area contributed by atoms with Gasteiger partial charge in [0.2, 0.25) is 0 Å². The zero-order valence-electron chi connectivity index (χ0n) is 14.8. The van der Waals surface area contributed by atoms with Gasteiger partial charge in [-0.25, -0.2) is 9.18 Å². The molecule has 1 aliphatic heterocycles. The number of H-pyrrole nitrogens is 1. The van der Waals surface area contributed by atoms with Gasteiger partial charge >= 0.3 is 6.09 Å². The highest BCUT2D eigenvalue weighted by atomic mass is 35.5. The van der Waals surface area contributed by atoms with Crippen LogP contribution >= 0.6 is 11.6 Å². The van der Waals surface area contributed by atoms with Crippen molar-refractivity contribution < 1.29 is 19.1 Å². The topological polar surface area (TPSA) is 90.5 Å². The van der Waals surface area contributed by atoms with Crippen molar-refractivity contribution in [2.24, 2.45) is 0 Å². The second kappa shape index (κ2) is 7.38. The second-order valence-electron chi connectivity index (χ2n) is 6.71. The van der Waals surface area contributed by atoms with Crippen LogP contribution in [0.1, 0.15) is 18.4 Å². The summed E-state index contributed by atoms with van der Waals surface area (Å²) in [4.78, 5) is 17.5. The normalized spacial score (nSPS) is 16.8. The standard InChI is InChI=1S/C19H18ClFN4O3/c20-14-11-12(5-6-15(14)21)19(27)7-9-25(10-8-19)28-18(26)22-17-13-3-1-2-4-16(13)23-24-17/h1-6,11,27H,7-10H2,(H2,22,23,24,26). The second-order valence-corrected chi connectivity index (χ2v) is 7.12. The van der Waals surface area contributed by atoms with E-state index in [2.05, 4.69) is 15.5 Å². The molecule has 2 aromatic carbocycles. The number of aromatic nitrogens is 2. The highest BCUT2D eigenvalue weighted by molar-refractivity contribution is 6.30. The molecule has 1 amide bonds. The highest BCUT2D eigenvalue weighted by Gasteiger charge is 2.35. The Bertz CT molecular complexity index is 1020. The van der Waals surface area contributed by atoms with E-state index in [0.29, 0.717) is 37.3 Å². The zero-order chi connectivity index (χ0) is 19.7. The number of aromatic amines is 1. The highest BCUT2D eigenvalue weighted by Crippen LogP contribution is 2.34. The Morgan fingerprint density at radius 2 is 2.04 bits per heavy atom. The molecule has 1 aliphatic rings. The molecule has 0 aliphatic carbocycles. The van der Waals surface area contributed by atoms with Gasteiger partial charge in [0.25, 0.3) is 0 Å². The lowest BCUT2D eigenvalue weighted by atomic mass is 9.85. The molecule has 0 atom stereocenters. The molecule has 4 rings (SSSR count). The van der Waals surface area contributed by atoms with Crippen LogP contribution in [0.2, 0.25) is 5.02 Å². The van der Waals surface area contributed by atoms with Crippen LogP contribution in [-0.4, -0.2) is 39.5 Å². The van der Waals surface area contributed by atoms with E-state index in [-0.39, 0.29) is 5.02 Å². The van der Waals surface area contributed by atoms with Gasteiger partial charge in [0.05, 0.1) is 16.1 Å². The molecule has 3 N–H and O–H groups in total. The number of para-hydroxylation sites is 1. The number of anilines is 1. The molecular formula is C19H18ClFN4O3. The number of carbonyl (C=O) groups excluding carboxylic acids is 1. The first-order valence-corrected chi connectivity index (χ1v) is 9.17. The fourth-order valence-corrected chi connectivity index (χ4v) is 3.50. The molecule has 0 spiro atoms. The quantitative estimate of drug-likeness (QED) is 0.617. The van der Waals surface area contributed by atoms with E-state index >= 15 is 0 Å². The number of amides is 1. The zero-order valence-corrected chi connectivity index (χ0v) is 15.5. The number of fused-ring (bicyclic) bond motifs is 1. The van der Waals surface area contributed by atoms with Crippen LogP contribution < -0.4 is 5.32 Å². The number of nitrogens with zero attached hydrogens (tertiary/aromatic N) is 2. The number of piperidine rings is 1. The van der Waals surface area contributed by atoms with Gasteiger partial charge in [-0.2, -0.15) is 5.10 Å². The van der Waals surface area contributed by atoms with Crippen molar-refractivity contribution >= 4 is 34.4 Å². The summed E-state index contributed by atoms with van der Waals surface area (Å²) in [5.41, 5.74) is 0.205. The van der Waals surface area contributed by atoms with Gasteiger partial charge in [0.1, 0.15) is 5.82 Å². The van der Waals surface area contributed by atoms with Crippen molar-refractivity contribution in [3.8, 4) is 0 Å². The van der Waals surface area contributed by atoms with Crippen LogP contribution in [0.3, 0.4) is 0 Å². The summed E-state index contributed by atoms with van der Waals surface area (Å²) in [5, 5.41) is 22.6. The van der Waals surface area contributed by atoms with Gasteiger partial charge in [-0.1, -0.05) is 29.8 Å². The molecule has 1 aromatic heterocycles. The molecule has 146 valence electrons. The maximum atomic E-state index is 13.4. The molecule has 0 saturated carbocycles. The van der Waals surface area contributed by atoms with Crippen LogP contribution in [0.25, 0.3) is 10.9 Å². The first kappa shape index (κ1) is 18.7. The summed E-state index contributed by atoms with van der Waals surface area (Å²) in [6, 6.07) is 11.6. The van der Waals surface area contributed by atoms with Crippen molar-refractivity contribution in [2.75, 3.05) is 18.4 Å². The largest absolute Gasteiger partial charge is 0.432 e. The van der Waals surface area contributed by atoms with Gasteiger partial charge in [0.15, 0.2) is 5.82 Å². The molecule has 1 fully saturated rings. The number of benzene rings is 2. The summed E-state index contributed by atoms with van der Waals surface area (Å²) in [7, 11) is 0. The summed E-state index contributed by atoms with van der Waals surface area (Å²) >= 11 is 5.82. The number of aliphatic hydroxyl groups is 1. The molecule has 9 heteroatoms. The number of hydrogen-bond acceptors (Lipinski definition) is 5. The smallest absolute Gasteiger partial charge is 0.385 e. The number of carbonyl (C=O) groups is 1. The van der Waals surface area contributed by atoms with Gasteiger partial charge in [-0.05, 0) is 42.7 Å². The molecule has 0 radical (unpaired) electrons. The van der Waals surface area contributed by atoms with Gasteiger partial charge in [0, 0.05) is 18.5 Å². The van der Waals surface area contributed by atoms with E-state index in [1.807, 2.05) is 24.3 Å². The predicted octanol–water partition coefficient (Wildman–Crippen LogP) is 3.80. The summed E-state index contributed by atoms with van der Waals surface area (Å²) in [6.07, 6.45) is -0.0336. The molecule has 3 aromatic rings. The fourth-order valence-electron chi connectivity index (χ4n) is 3.32. The lowest BCUT2D eigenvalue weighted by Gasteiger charge is -2.37. The average molecular weight is 405 g/mol. The molecular weight excluding hydrogens is 387 g/mol. The minimum atomic E-state index is -1.15. The molecule has 1 saturated heterocycles. The Morgan fingerprint density at radius 3 is 2.79 bits per heavy atom.